The van der Waals surface area contributed by atoms with Crippen molar-refractivity contribution >= 4 is 5.69 Å². The molecule has 0 saturated carbocycles. The molecule has 0 saturated heterocycles. The summed E-state index contributed by atoms with van der Waals surface area (Å²) in [7, 11) is 0. The lowest BCUT2D eigenvalue weighted by molar-refractivity contribution is -0.385. The van der Waals surface area contributed by atoms with Crippen LogP contribution in [0.1, 0.15) is 31.4 Å². The second-order valence-electron chi connectivity index (χ2n) is 5.56. The van der Waals surface area contributed by atoms with Gasteiger partial charge in [0.1, 0.15) is 0 Å². The first-order valence-electron chi connectivity index (χ1n) is 6.42. The first-order chi connectivity index (χ1) is 8.87. The van der Waals surface area contributed by atoms with Crippen LogP contribution >= 0.6 is 0 Å². The van der Waals surface area contributed by atoms with Crippen LogP contribution in [0.2, 0.25) is 0 Å². The van der Waals surface area contributed by atoms with Crippen molar-refractivity contribution in [2.24, 2.45) is 5.41 Å². The zero-order valence-corrected chi connectivity index (χ0v) is 11.8. The highest BCUT2D eigenvalue weighted by molar-refractivity contribution is 5.44. The zero-order chi connectivity index (χ0) is 14.5. The van der Waals surface area contributed by atoms with Crippen LogP contribution in [0.15, 0.2) is 18.2 Å². The summed E-state index contributed by atoms with van der Waals surface area (Å²) in [5.41, 5.74) is 1.83. The quantitative estimate of drug-likeness (QED) is 0.587. The van der Waals surface area contributed by atoms with E-state index in [1.165, 1.54) is 6.07 Å². The fourth-order valence-electron chi connectivity index (χ4n) is 1.99. The Balaban J connectivity index is 2.64. The minimum absolute atomic E-state index is 0.0172. The summed E-state index contributed by atoms with van der Waals surface area (Å²) in [6.07, 6.45) is 0.730. The molecule has 1 aromatic carbocycles. The van der Waals surface area contributed by atoms with Gasteiger partial charge >= 0.3 is 0 Å². The summed E-state index contributed by atoms with van der Waals surface area (Å²) in [5, 5.41) is 23.1. The summed E-state index contributed by atoms with van der Waals surface area (Å²) in [5.74, 6) is 0. The van der Waals surface area contributed by atoms with Crippen molar-refractivity contribution < 1.29 is 10.0 Å². The predicted octanol–water partition coefficient (Wildman–Crippen LogP) is 2.40. The van der Waals surface area contributed by atoms with Crippen molar-refractivity contribution in [3.63, 3.8) is 0 Å². The van der Waals surface area contributed by atoms with E-state index in [0.717, 1.165) is 18.5 Å². The molecule has 0 radical (unpaired) electrons. The second-order valence-corrected chi connectivity index (χ2v) is 5.56. The van der Waals surface area contributed by atoms with Crippen LogP contribution in [-0.2, 0) is 6.54 Å². The molecule has 0 aliphatic rings. The van der Waals surface area contributed by atoms with Gasteiger partial charge in [0.25, 0.3) is 5.69 Å². The Morgan fingerprint density at radius 2 is 2.11 bits per heavy atom. The third kappa shape index (κ3) is 4.61. The predicted molar refractivity (Wildman–Crippen MR) is 75.0 cm³/mol. The number of nitro benzene ring substituents is 1. The van der Waals surface area contributed by atoms with E-state index in [0.29, 0.717) is 12.1 Å². The van der Waals surface area contributed by atoms with Crippen molar-refractivity contribution in [3.05, 3.63) is 39.4 Å². The molecule has 0 heterocycles. The molecule has 0 spiro atoms. The SMILES string of the molecule is Cc1c(CNCC(C)(C)CCO)cccc1[N+](=O)[O-]. The minimum Gasteiger partial charge on any atom is -0.396 e. The van der Waals surface area contributed by atoms with Gasteiger partial charge in [-0.15, -0.1) is 0 Å². The summed E-state index contributed by atoms with van der Waals surface area (Å²) in [4.78, 5) is 10.5. The van der Waals surface area contributed by atoms with Crippen LogP contribution in [0.4, 0.5) is 5.69 Å². The van der Waals surface area contributed by atoms with Gasteiger partial charge in [-0.1, -0.05) is 26.0 Å². The molecular weight excluding hydrogens is 244 g/mol. The number of aliphatic hydroxyl groups is 1. The number of benzene rings is 1. The average Bonchev–Trinajstić information content (AvgIpc) is 2.30. The van der Waals surface area contributed by atoms with Gasteiger partial charge in [0.2, 0.25) is 0 Å². The summed E-state index contributed by atoms with van der Waals surface area (Å²) >= 11 is 0. The molecule has 106 valence electrons. The largest absolute Gasteiger partial charge is 0.396 e. The highest BCUT2D eigenvalue weighted by Crippen LogP contribution is 2.22. The standard InChI is InChI=1S/C14H22N2O3/c1-11-12(5-4-6-13(11)16(18)19)9-15-10-14(2,3)7-8-17/h4-6,15,17H,7-10H2,1-3H3. The third-order valence-electron chi connectivity index (χ3n) is 3.32. The molecular formula is C14H22N2O3. The molecule has 0 unspecified atom stereocenters. The number of nitrogens with one attached hydrogen (secondary N) is 1. The van der Waals surface area contributed by atoms with Gasteiger partial charge in [0, 0.05) is 31.3 Å². The van der Waals surface area contributed by atoms with Crippen LogP contribution in [0.25, 0.3) is 0 Å². The van der Waals surface area contributed by atoms with E-state index in [1.807, 2.05) is 6.07 Å². The number of nitro groups is 1. The lowest BCUT2D eigenvalue weighted by Crippen LogP contribution is -2.30. The lowest BCUT2D eigenvalue weighted by atomic mass is 9.89. The van der Waals surface area contributed by atoms with Crippen LogP contribution in [0, 0.1) is 22.5 Å². The highest BCUT2D eigenvalue weighted by Gasteiger charge is 2.17. The van der Waals surface area contributed by atoms with E-state index in [9.17, 15) is 10.1 Å². The first kappa shape index (κ1) is 15.6. The topological polar surface area (TPSA) is 75.4 Å². The molecule has 0 amide bonds. The van der Waals surface area contributed by atoms with Gasteiger partial charge in [-0.2, -0.15) is 0 Å². The van der Waals surface area contributed by atoms with Crippen molar-refractivity contribution in [3.8, 4) is 0 Å². The van der Waals surface area contributed by atoms with Crippen molar-refractivity contribution in [1.29, 1.82) is 0 Å². The maximum Gasteiger partial charge on any atom is 0.272 e. The zero-order valence-electron chi connectivity index (χ0n) is 11.8. The molecule has 0 bridgehead atoms. The molecule has 2 N–H and O–H groups in total. The van der Waals surface area contributed by atoms with Gasteiger partial charge < -0.3 is 10.4 Å². The minimum atomic E-state index is -0.353. The van der Waals surface area contributed by atoms with E-state index in [4.69, 9.17) is 5.11 Å². The second kappa shape index (κ2) is 6.63. The van der Waals surface area contributed by atoms with E-state index in [2.05, 4.69) is 19.2 Å². The van der Waals surface area contributed by atoms with Crippen LogP contribution in [-0.4, -0.2) is 23.2 Å². The van der Waals surface area contributed by atoms with E-state index in [1.54, 1.807) is 13.0 Å². The molecule has 0 aromatic heterocycles. The Morgan fingerprint density at radius 1 is 1.42 bits per heavy atom. The molecule has 0 fully saturated rings. The third-order valence-corrected chi connectivity index (χ3v) is 3.32. The number of hydrogen-bond acceptors (Lipinski definition) is 4. The number of rotatable bonds is 7. The highest BCUT2D eigenvalue weighted by atomic mass is 16.6. The Morgan fingerprint density at radius 3 is 2.68 bits per heavy atom. The normalized spacial score (nSPS) is 11.6. The Bertz CT molecular complexity index is 444. The summed E-state index contributed by atoms with van der Waals surface area (Å²) in [6.45, 7) is 7.46. The van der Waals surface area contributed by atoms with Gasteiger partial charge in [0.05, 0.1) is 4.92 Å². The molecule has 5 nitrogen and oxygen atoms in total. The van der Waals surface area contributed by atoms with Crippen molar-refractivity contribution in [2.45, 2.75) is 33.7 Å². The molecule has 0 aliphatic carbocycles. The molecule has 19 heavy (non-hydrogen) atoms. The Hall–Kier alpha value is -1.46. The lowest BCUT2D eigenvalue weighted by Gasteiger charge is -2.24. The average molecular weight is 266 g/mol. The fraction of sp³-hybridized carbons (Fsp3) is 0.571. The number of aliphatic hydroxyl groups excluding tert-OH is 1. The first-order valence-corrected chi connectivity index (χ1v) is 6.42. The van der Waals surface area contributed by atoms with Gasteiger partial charge in [-0.25, -0.2) is 0 Å². The Kier molecular flexibility index (Phi) is 5.44. The maximum absolute atomic E-state index is 10.8. The van der Waals surface area contributed by atoms with Crippen LogP contribution < -0.4 is 5.32 Å². The monoisotopic (exact) mass is 266 g/mol. The molecule has 5 heteroatoms. The smallest absolute Gasteiger partial charge is 0.272 e. The van der Waals surface area contributed by atoms with Gasteiger partial charge in [-0.05, 0) is 24.3 Å². The van der Waals surface area contributed by atoms with E-state index >= 15 is 0 Å². The molecule has 0 aliphatic heterocycles. The van der Waals surface area contributed by atoms with Crippen molar-refractivity contribution in [1.82, 2.24) is 5.32 Å². The number of hydrogen-bond donors (Lipinski definition) is 2. The summed E-state index contributed by atoms with van der Waals surface area (Å²) < 4.78 is 0. The fourth-order valence-corrected chi connectivity index (χ4v) is 1.99. The molecule has 1 aromatic rings. The van der Waals surface area contributed by atoms with Crippen LogP contribution in [0.5, 0.6) is 0 Å². The summed E-state index contributed by atoms with van der Waals surface area (Å²) in [6, 6.07) is 5.13. The number of nitrogens with zero attached hydrogens (tertiary/aromatic N) is 1. The Labute approximate surface area is 113 Å². The van der Waals surface area contributed by atoms with E-state index < -0.39 is 0 Å². The molecule has 0 atom stereocenters. The maximum atomic E-state index is 10.8. The molecule has 1 rings (SSSR count). The van der Waals surface area contributed by atoms with Gasteiger partial charge in [0.15, 0.2) is 0 Å². The van der Waals surface area contributed by atoms with Gasteiger partial charge in [-0.3, -0.25) is 10.1 Å². The van der Waals surface area contributed by atoms with E-state index in [-0.39, 0.29) is 22.6 Å². The van der Waals surface area contributed by atoms with Crippen molar-refractivity contribution in [2.75, 3.05) is 13.2 Å². The van der Waals surface area contributed by atoms with Crippen LogP contribution in [0.3, 0.4) is 0 Å².